The lowest BCUT2D eigenvalue weighted by atomic mass is 10.1. The molecule has 2 heterocycles. The van der Waals surface area contributed by atoms with E-state index in [2.05, 4.69) is 10.2 Å². The molecule has 1 fully saturated rings. The van der Waals surface area contributed by atoms with E-state index in [4.69, 9.17) is 5.11 Å². The summed E-state index contributed by atoms with van der Waals surface area (Å²) in [6.45, 7) is 1.38. The van der Waals surface area contributed by atoms with E-state index in [0.29, 0.717) is 13.1 Å². The van der Waals surface area contributed by atoms with Crippen LogP contribution in [0.25, 0.3) is 0 Å². The molecule has 1 aromatic heterocycles. The van der Waals surface area contributed by atoms with Crippen LogP contribution in [0, 0.1) is 0 Å². The molecule has 1 amide bonds. The molecule has 86 valence electrons. The van der Waals surface area contributed by atoms with Crippen LogP contribution in [0.2, 0.25) is 0 Å². The van der Waals surface area contributed by atoms with Crippen molar-refractivity contribution < 1.29 is 14.7 Å². The molecule has 0 spiro atoms. The monoisotopic (exact) mass is 223 g/mol. The number of H-pyrrole nitrogens is 1. The largest absolute Gasteiger partial charge is 0.478 e. The number of rotatable bonds is 2. The molecule has 0 aliphatic carbocycles. The molecule has 1 saturated heterocycles. The molecule has 1 aliphatic rings. The molecule has 1 aliphatic heterocycles. The molecule has 6 nitrogen and oxygen atoms in total. The Bertz CT molecular complexity index is 407. The van der Waals surface area contributed by atoms with Crippen molar-refractivity contribution in [2.45, 2.75) is 19.3 Å². The fraction of sp³-hybridized carbons (Fsp3) is 0.500. The number of carboxylic acids is 1. The number of nitrogens with one attached hydrogen (secondary N) is 1. The molecule has 1 aromatic rings. The van der Waals surface area contributed by atoms with Crippen molar-refractivity contribution in [2.75, 3.05) is 13.1 Å². The zero-order valence-corrected chi connectivity index (χ0v) is 8.77. The number of nitrogens with zero attached hydrogens (tertiary/aromatic N) is 2. The third kappa shape index (κ3) is 1.91. The quantitative estimate of drug-likeness (QED) is 0.774. The van der Waals surface area contributed by atoms with E-state index in [9.17, 15) is 9.59 Å². The van der Waals surface area contributed by atoms with Crippen LogP contribution in [0.3, 0.4) is 0 Å². The highest BCUT2D eigenvalue weighted by atomic mass is 16.4. The third-order valence-corrected chi connectivity index (χ3v) is 2.73. The normalized spacial score (nSPS) is 16.1. The van der Waals surface area contributed by atoms with Crippen molar-refractivity contribution in [3.63, 3.8) is 0 Å². The number of aromatic amines is 1. The fourth-order valence-electron chi connectivity index (χ4n) is 1.87. The van der Waals surface area contributed by atoms with Gasteiger partial charge in [0.2, 0.25) is 0 Å². The lowest BCUT2D eigenvalue weighted by molar-refractivity contribution is 0.0664. The van der Waals surface area contributed by atoms with E-state index < -0.39 is 5.97 Å². The van der Waals surface area contributed by atoms with Gasteiger partial charge in [-0.2, -0.15) is 5.10 Å². The van der Waals surface area contributed by atoms with Gasteiger partial charge in [-0.15, -0.1) is 0 Å². The zero-order chi connectivity index (χ0) is 11.5. The van der Waals surface area contributed by atoms with Gasteiger partial charge in [-0.05, 0) is 19.3 Å². The molecule has 0 atom stereocenters. The summed E-state index contributed by atoms with van der Waals surface area (Å²) < 4.78 is 0. The smallest absolute Gasteiger partial charge is 0.339 e. The third-order valence-electron chi connectivity index (χ3n) is 2.73. The molecule has 2 rings (SSSR count). The maximum absolute atomic E-state index is 12.0. The van der Waals surface area contributed by atoms with Gasteiger partial charge in [-0.1, -0.05) is 0 Å². The molecular formula is C10H13N3O3. The van der Waals surface area contributed by atoms with Gasteiger partial charge in [0.1, 0.15) is 11.3 Å². The van der Waals surface area contributed by atoms with E-state index in [1.807, 2.05) is 0 Å². The highest BCUT2D eigenvalue weighted by molar-refractivity contribution is 6.03. The Balaban J connectivity index is 2.19. The molecule has 0 bridgehead atoms. The van der Waals surface area contributed by atoms with Crippen molar-refractivity contribution in [2.24, 2.45) is 0 Å². The molecule has 0 saturated carbocycles. The second-order valence-corrected chi connectivity index (χ2v) is 3.82. The zero-order valence-electron chi connectivity index (χ0n) is 8.77. The van der Waals surface area contributed by atoms with Gasteiger partial charge in [0, 0.05) is 13.1 Å². The van der Waals surface area contributed by atoms with E-state index in [1.54, 1.807) is 4.90 Å². The summed E-state index contributed by atoms with van der Waals surface area (Å²) in [5, 5.41) is 14.9. The van der Waals surface area contributed by atoms with Gasteiger partial charge in [0.05, 0.1) is 6.20 Å². The van der Waals surface area contributed by atoms with Crippen LogP contribution in [-0.4, -0.2) is 45.2 Å². The molecule has 16 heavy (non-hydrogen) atoms. The Kier molecular flexibility index (Phi) is 2.89. The minimum absolute atomic E-state index is 0.0597. The van der Waals surface area contributed by atoms with Gasteiger partial charge in [-0.3, -0.25) is 9.89 Å². The summed E-state index contributed by atoms with van der Waals surface area (Å²) in [5.41, 5.74) is 0.0185. The average Bonchev–Trinajstić information content (AvgIpc) is 2.78. The van der Waals surface area contributed by atoms with Crippen molar-refractivity contribution in [3.8, 4) is 0 Å². The second kappa shape index (κ2) is 4.34. The molecular weight excluding hydrogens is 210 g/mol. The van der Waals surface area contributed by atoms with Crippen LogP contribution >= 0.6 is 0 Å². The minimum Gasteiger partial charge on any atom is -0.478 e. The first-order valence-electron chi connectivity index (χ1n) is 5.26. The summed E-state index contributed by atoms with van der Waals surface area (Å²) in [4.78, 5) is 24.5. The van der Waals surface area contributed by atoms with Crippen LogP contribution < -0.4 is 0 Å². The molecule has 2 N–H and O–H groups in total. The summed E-state index contributed by atoms with van der Waals surface area (Å²) in [6.07, 6.45) is 4.24. The van der Waals surface area contributed by atoms with Crippen molar-refractivity contribution in [1.82, 2.24) is 15.1 Å². The summed E-state index contributed by atoms with van der Waals surface area (Å²) >= 11 is 0. The van der Waals surface area contributed by atoms with Gasteiger partial charge in [0.25, 0.3) is 5.91 Å². The lowest BCUT2D eigenvalue weighted by Crippen LogP contribution is -2.36. The van der Waals surface area contributed by atoms with E-state index in [0.717, 1.165) is 19.3 Å². The number of hydrogen-bond acceptors (Lipinski definition) is 3. The first kappa shape index (κ1) is 10.7. The number of piperidine rings is 1. The van der Waals surface area contributed by atoms with Crippen LogP contribution in [-0.2, 0) is 0 Å². The molecule has 0 aromatic carbocycles. The average molecular weight is 223 g/mol. The maximum atomic E-state index is 12.0. The summed E-state index contributed by atoms with van der Waals surface area (Å²) in [6, 6.07) is 0. The van der Waals surface area contributed by atoms with Crippen molar-refractivity contribution in [1.29, 1.82) is 0 Å². The highest BCUT2D eigenvalue weighted by Gasteiger charge is 2.24. The number of amides is 1. The first-order valence-corrected chi connectivity index (χ1v) is 5.26. The van der Waals surface area contributed by atoms with Gasteiger partial charge < -0.3 is 10.0 Å². The second-order valence-electron chi connectivity index (χ2n) is 3.82. The Hall–Kier alpha value is -1.85. The summed E-state index contributed by atoms with van der Waals surface area (Å²) in [5.74, 6) is -1.40. The number of carbonyl (C=O) groups is 2. The van der Waals surface area contributed by atoms with Crippen molar-refractivity contribution >= 4 is 11.9 Å². The van der Waals surface area contributed by atoms with Crippen LogP contribution in [0.15, 0.2) is 6.20 Å². The lowest BCUT2D eigenvalue weighted by Gasteiger charge is -2.26. The number of carbonyl (C=O) groups excluding carboxylic acids is 1. The first-order chi connectivity index (χ1) is 7.70. The van der Waals surface area contributed by atoms with Gasteiger partial charge >= 0.3 is 5.97 Å². The van der Waals surface area contributed by atoms with E-state index >= 15 is 0 Å². The molecule has 6 heteroatoms. The summed E-state index contributed by atoms with van der Waals surface area (Å²) in [7, 11) is 0. The minimum atomic E-state index is -1.13. The Morgan fingerprint density at radius 3 is 2.62 bits per heavy atom. The van der Waals surface area contributed by atoms with E-state index in [1.165, 1.54) is 6.20 Å². The highest BCUT2D eigenvalue weighted by Crippen LogP contribution is 2.14. The van der Waals surface area contributed by atoms with Crippen LogP contribution in [0.1, 0.15) is 40.1 Å². The molecule has 0 unspecified atom stereocenters. The van der Waals surface area contributed by atoms with Crippen LogP contribution in [0.5, 0.6) is 0 Å². The molecule has 0 radical (unpaired) electrons. The Morgan fingerprint density at radius 2 is 2.00 bits per heavy atom. The Labute approximate surface area is 92.3 Å². The van der Waals surface area contributed by atoms with Crippen LogP contribution in [0.4, 0.5) is 0 Å². The Morgan fingerprint density at radius 1 is 1.31 bits per heavy atom. The number of aromatic carboxylic acids is 1. The number of carboxylic acid groups (broad SMARTS) is 1. The maximum Gasteiger partial charge on any atom is 0.339 e. The number of aromatic nitrogens is 2. The fourth-order valence-corrected chi connectivity index (χ4v) is 1.87. The predicted octanol–water partition coefficient (Wildman–Crippen LogP) is 0.734. The predicted molar refractivity (Wildman–Crippen MR) is 55.3 cm³/mol. The van der Waals surface area contributed by atoms with Crippen molar-refractivity contribution in [3.05, 3.63) is 17.5 Å². The van der Waals surface area contributed by atoms with E-state index in [-0.39, 0.29) is 17.2 Å². The SMILES string of the molecule is O=C(O)c1cn[nH]c1C(=O)N1CCCCC1. The number of hydrogen-bond donors (Lipinski definition) is 2. The number of likely N-dealkylation sites (tertiary alicyclic amines) is 1. The van der Waals surface area contributed by atoms with Gasteiger partial charge in [0.15, 0.2) is 0 Å². The topological polar surface area (TPSA) is 86.3 Å². The van der Waals surface area contributed by atoms with Gasteiger partial charge in [-0.25, -0.2) is 4.79 Å². The standard InChI is InChI=1S/C10H13N3O3/c14-9(13-4-2-1-3-5-13)8-7(10(15)16)6-11-12-8/h6H,1-5H2,(H,11,12)(H,15,16).